The Bertz CT molecular complexity index is 668. The number of aryl methyl sites for hydroxylation is 1. The Kier molecular flexibility index (Phi) is 4.42. The van der Waals surface area contributed by atoms with Crippen LogP contribution in [0.3, 0.4) is 0 Å². The van der Waals surface area contributed by atoms with E-state index in [1.165, 1.54) is 5.56 Å². The number of aromatic nitrogens is 1. The molecule has 1 heterocycles. The summed E-state index contributed by atoms with van der Waals surface area (Å²) in [5, 5.41) is 3.04. The van der Waals surface area contributed by atoms with Crippen molar-refractivity contribution in [1.29, 1.82) is 0 Å². The number of urea groups is 1. The minimum Gasteiger partial charge on any atom is -0.353 e. The van der Waals surface area contributed by atoms with Crippen molar-refractivity contribution in [3.8, 4) is 0 Å². The number of hydrogen-bond acceptors (Lipinski definition) is 1. The third kappa shape index (κ3) is 3.76. The first-order chi connectivity index (χ1) is 11.0. The quantitative estimate of drug-likeness (QED) is 0.876. The molecule has 1 aliphatic carbocycles. The van der Waals surface area contributed by atoms with E-state index >= 15 is 0 Å². The Morgan fingerprint density at radius 1 is 1.26 bits per heavy atom. The van der Waals surface area contributed by atoms with E-state index < -0.39 is 0 Å². The van der Waals surface area contributed by atoms with Gasteiger partial charge in [0, 0.05) is 30.7 Å². The van der Waals surface area contributed by atoms with Crippen LogP contribution in [-0.4, -0.2) is 21.5 Å². The van der Waals surface area contributed by atoms with Gasteiger partial charge in [0.2, 0.25) is 0 Å². The number of nitrogens with one attached hydrogen (secondary N) is 1. The molecule has 23 heavy (non-hydrogen) atoms. The van der Waals surface area contributed by atoms with Gasteiger partial charge in [-0.1, -0.05) is 26.0 Å². The number of carbonyl (C=O) groups is 1. The minimum absolute atomic E-state index is 0.00834. The molecule has 4 heteroatoms. The summed E-state index contributed by atoms with van der Waals surface area (Å²) in [5.41, 5.74) is 3.30. The molecule has 2 amide bonds. The topological polar surface area (TPSA) is 37.3 Å². The van der Waals surface area contributed by atoms with E-state index in [0.717, 1.165) is 24.2 Å². The van der Waals surface area contributed by atoms with Gasteiger partial charge in [-0.3, -0.25) is 0 Å². The van der Waals surface area contributed by atoms with Gasteiger partial charge in [-0.2, -0.15) is 0 Å². The average molecular weight is 311 g/mol. The molecular weight excluding hydrogens is 286 g/mol. The van der Waals surface area contributed by atoms with Crippen LogP contribution < -0.4 is 5.32 Å². The van der Waals surface area contributed by atoms with Gasteiger partial charge in [0.1, 0.15) is 0 Å². The smallest absolute Gasteiger partial charge is 0.322 e. The molecule has 2 aromatic rings. The molecule has 0 radical (unpaired) electrons. The second kappa shape index (κ2) is 6.49. The predicted octanol–water partition coefficient (Wildman–Crippen LogP) is 4.35. The van der Waals surface area contributed by atoms with E-state index in [0.29, 0.717) is 18.5 Å². The first kappa shape index (κ1) is 15.7. The lowest BCUT2D eigenvalue weighted by Crippen LogP contribution is -2.36. The standard InChI is InChI=1S/C19H25N3O/c1-14(2)15-6-8-16(9-7-15)20-19(23)22(17-10-11-17)13-18-5-4-12-21(18)3/h4-9,12,14,17H,10-11,13H2,1-3H3,(H,20,23). The monoisotopic (exact) mass is 311 g/mol. The molecule has 0 spiro atoms. The van der Waals surface area contributed by atoms with Crippen molar-refractivity contribution in [3.63, 3.8) is 0 Å². The summed E-state index contributed by atoms with van der Waals surface area (Å²) in [7, 11) is 2.02. The summed E-state index contributed by atoms with van der Waals surface area (Å²) in [6, 6.07) is 12.6. The van der Waals surface area contributed by atoms with Gasteiger partial charge in [0.15, 0.2) is 0 Å². The molecule has 122 valence electrons. The molecule has 3 rings (SSSR count). The van der Waals surface area contributed by atoms with Crippen LogP contribution in [0.25, 0.3) is 0 Å². The number of amides is 2. The zero-order valence-electron chi connectivity index (χ0n) is 14.1. The van der Waals surface area contributed by atoms with Crippen LogP contribution in [0.2, 0.25) is 0 Å². The molecule has 4 nitrogen and oxygen atoms in total. The van der Waals surface area contributed by atoms with E-state index in [1.807, 2.05) is 36.3 Å². The summed E-state index contributed by atoms with van der Waals surface area (Å²) < 4.78 is 2.07. The van der Waals surface area contributed by atoms with Crippen LogP contribution in [0, 0.1) is 0 Å². The summed E-state index contributed by atoms with van der Waals surface area (Å²) in [5.74, 6) is 0.500. The van der Waals surface area contributed by atoms with Crippen molar-refractivity contribution in [2.75, 3.05) is 5.32 Å². The first-order valence-corrected chi connectivity index (χ1v) is 8.32. The van der Waals surface area contributed by atoms with Crippen molar-refractivity contribution >= 4 is 11.7 Å². The van der Waals surface area contributed by atoms with Gasteiger partial charge in [-0.15, -0.1) is 0 Å². The molecule has 1 aliphatic rings. The highest BCUT2D eigenvalue weighted by Gasteiger charge is 2.33. The zero-order chi connectivity index (χ0) is 16.4. The lowest BCUT2D eigenvalue weighted by molar-refractivity contribution is 0.205. The molecule has 1 aromatic carbocycles. The molecule has 1 fully saturated rings. The molecule has 0 bridgehead atoms. The summed E-state index contributed by atoms with van der Waals surface area (Å²) >= 11 is 0. The van der Waals surface area contributed by atoms with Crippen LogP contribution in [0.1, 0.15) is 43.9 Å². The van der Waals surface area contributed by atoms with Crippen molar-refractivity contribution in [2.24, 2.45) is 7.05 Å². The van der Waals surface area contributed by atoms with Crippen LogP contribution in [0.5, 0.6) is 0 Å². The van der Waals surface area contributed by atoms with E-state index in [1.54, 1.807) is 0 Å². The van der Waals surface area contributed by atoms with Crippen LogP contribution >= 0.6 is 0 Å². The van der Waals surface area contributed by atoms with Gasteiger partial charge in [-0.25, -0.2) is 4.79 Å². The third-order valence-electron chi connectivity index (χ3n) is 4.46. The third-order valence-corrected chi connectivity index (χ3v) is 4.46. The Hall–Kier alpha value is -2.23. The van der Waals surface area contributed by atoms with E-state index in [9.17, 15) is 4.79 Å². The fourth-order valence-electron chi connectivity index (χ4n) is 2.73. The van der Waals surface area contributed by atoms with Crippen molar-refractivity contribution in [3.05, 3.63) is 53.9 Å². The van der Waals surface area contributed by atoms with Crippen molar-refractivity contribution < 1.29 is 4.79 Å². The minimum atomic E-state index is -0.00834. The molecule has 1 saturated carbocycles. The molecule has 0 aliphatic heterocycles. The van der Waals surface area contributed by atoms with Crippen LogP contribution in [0.4, 0.5) is 10.5 Å². The van der Waals surface area contributed by atoms with Gasteiger partial charge in [-0.05, 0) is 48.6 Å². The molecular formula is C19H25N3O. The number of rotatable bonds is 5. The molecule has 0 atom stereocenters. The largest absolute Gasteiger partial charge is 0.353 e. The number of nitrogens with zero attached hydrogens (tertiary/aromatic N) is 2. The highest BCUT2D eigenvalue weighted by atomic mass is 16.2. The molecule has 1 aromatic heterocycles. The lowest BCUT2D eigenvalue weighted by atomic mass is 10.0. The SMILES string of the molecule is CC(C)c1ccc(NC(=O)N(Cc2cccn2C)C2CC2)cc1. The van der Waals surface area contributed by atoms with E-state index in [4.69, 9.17) is 0 Å². The number of anilines is 1. The fraction of sp³-hybridized carbons (Fsp3) is 0.421. The maximum Gasteiger partial charge on any atom is 0.322 e. The highest BCUT2D eigenvalue weighted by molar-refractivity contribution is 5.89. The maximum absolute atomic E-state index is 12.7. The van der Waals surface area contributed by atoms with Crippen molar-refractivity contribution in [1.82, 2.24) is 9.47 Å². The number of hydrogen-bond donors (Lipinski definition) is 1. The Morgan fingerprint density at radius 3 is 2.48 bits per heavy atom. The van der Waals surface area contributed by atoms with Gasteiger partial charge >= 0.3 is 6.03 Å². The van der Waals surface area contributed by atoms with Crippen molar-refractivity contribution in [2.45, 2.75) is 45.2 Å². The number of benzene rings is 1. The van der Waals surface area contributed by atoms with Gasteiger partial charge in [0.05, 0.1) is 6.54 Å². The van der Waals surface area contributed by atoms with Crippen LogP contribution in [0.15, 0.2) is 42.6 Å². The number of carbonyl (C=O) groups excluding carboxylic acids is 1. The Morgan fingerprint density at radius 2 is 1.96 bits per heavy atom. The average Bonchev–Trinajstić information content (AvgIpc) is 3.28. The first-order valence-electron chi connectivity index (χ1n) is 8.32. The van der Waals surface area contributed by atoms with E-state index in [-0.39, 0.29) is 6.03 Å². The molecule has 0 unspecified atom stereocenters. The highest BCUT2D eigenvalue weighted by Crippen LogP contribution is 2.29. The second-order valence-electron chi connectivity index (χ2n) is 6.68. The molecule has 0 saturated heterocycles. The Balaban J connectivity index is 1.68. The summed E-state index contributed by atoms with van der Waals surface area (Å²) in [6.45, 7) is 4.99. The normalized spacial score (nSPS) is 14.1. The Labute approximate surface area is 138 Å². The lowest BCUT2D eigenvalue weighted by Gasteiger charge is -2.23. The molecule has 1 N–H and O–H groups in total. The van der Waals surface area contributed by atoms with Gasteiger partial charge < -0.3 is 14.8 Å². The zero-order valence-corrected chi connectivity index (χ0v) is 14.1. The summed E-state index contributed by atoms with van der Waals surface area (Å²) in [4.78, 5) is 14.6. The predicted molar refractivity (Wildman–Crippen MR) is 93.5 cm³/mol. The second-order valence-corrected chi connectivity index (χ2v) is 6.68. The van der Waals surface area contributed by atoms with E-state index in [2.05, 4.69) is 41.9 Å². The van der Waals surface area contributed by atoms with Crippen LogP contribution in [-0.2, 0) is 13.6 Å². The maximum atomic E-state index is 12.7. The summed E-state index contributed by atoms with van der Waals surface area (Å²) in [6.07, 6.45) is 4.22. The fourth-order valence-corrected chi connectivity index (χ4v) is 2.73. The van der Waals surface area contributed by atoms with Gasteiger partial charge in [0.25, 0.3) is 0 Å².